The van der Waals surface area contributed by atoms with Gasteiger partial charge in [0.2, 0.25) is 0 Å². The summed E-state index contributed by atoms with van der Waals surface area (Å²) in [7, 11) is 0. The second-order valence-electron chi connectivity index (χ2n) is 2.96. The average molecular weight is 342 g/mol. The maximum Gasteiger partial charge on any atom is 3.00 e. The third-order valence-corrected chi connectivity index (χ3v) is 1.65. The van der Waals surface area contributed by atoms with Crippen molar-refractivity contribution in [2.45, 2.75) is 6.92 Å². The number of carboxylic acids is 3. The first-order valence-electron chi connectivity index (χ1n) is 4.51. The zero-order valence-electron chi connectivity index (χ0n) is 9.67. The van der Waals surface area contributed by atoms with Crippen molar-refractivity contribution in [1.82, 2.24) is 0 Å². The van der Waals surface area contributed by atoms with Crippen molar-refractivity contribution < 1.29 is 60.7 Å². The minimum atomic E-state index is -1.63. The molecule has 1 rings (SSSR count). The van der Waals surface area contributed by atoms with Crippen molar-refractivity contribution in [2.24, 2.45) is 0 Å². The molecule has 19 heavy (non-hydrogen) atoms. The molecule has 97 valence electrons. The van der Waals surface area contributed by atoms with Gasteiger partial charge in [-0.05, 0) is 0 Å². The van der Waals surface area contributed by atoms with Crippen LogP contribution in [0.5, 0.6) is 0 Å². The molecule has 0 spiro atoms. The largest absolute Gasteiger partial charge is 3.00 e. The van der Waals surface area contributed by atoms with Gasteiger partial charge in [0.05, 0.1) is 11.9 Å². The Balaban J connectivity index is 0. The quantitative estimate of drug-likeness (QED) is 0.525. The predicted molar refractivity (Wildman–Crippen MR) is 50.8 cm³/mol. The molecule has 0 heterocycles. The molecule has 0 atom stereocenters. The molecule has 0 aliphatic carbocycles. The van der Waals surface area contributed by atoms with E-state index in [0.717, 1.165) is 19.1 Å². The van der Waals surface area contributed by atoms with Crippen LogP contribution < -0.4 is 15.3 Å². The Bertz CT molecular complexity index is 451. The first-order chi connectivity index (χ1) is 8.27. The molecule has 0 aromatic heterocycles. The number of aromatic carboxylic acids is 2. The Morgan fingerprint density at radius 2 is 1.11 bits per heavy atom. The fourth-order valence-electron chi connectivity index (χ4n) is 0.839. The maximum atomic E-state index is 10.3. The van der Waals surface area contributed by atoms with Gasteiger partial charge in [0.15, 0.2) is 5.78 Å². The second-order valence-corrected chi connectivity index (χ2v) is 2.96. The molecule has 0 amide bonds. The number of carboxylic acid groups (broad SMARTS) is 3. The number of hydrogen-bond acceptors (Lipinski definition) is 7. The van der Waals surface area contributed by atoms with Crippen LogP contribution in [0.4, 0.5) is 0 Å². The van der Waals surface area contributed by atoms with E-state index < -0.39 is 23.7 Å². The van der Waals surface area contributed by atoms with E-state index in [1.165, 1.54) is 12.1 Å². The fraction of sp³-hybridized carbons (Fsp3) is 0.0909. The molecule has 0 bridgehead atoms. The third kappa shape index (κ3) is 7.25. The molecule has 0 fully saturated rings. The number of hydrogen-bond donors (Lipinski definition) is 0. The minimum absolute atomic E-state index is 0. The van der Waals surface area contributed by atoms with Crippen molar-refractivity contribution in [2.75, 3.05) is 0 Å². The van der Waals surface area contributed by atoms with Gasteiger partial charge in [0, 0.05) is 18.1 Å². The molecule has 0 saturated heterocycles. The van der Waals surface area contributed by atoms with E-state index in [2.05, 4.69) is 0 Å². The summed E-state index contributed by atoms with van der Waals surface area (Å²) in [6.45, 7) is 0.940. The topological polar surface area (TPSA) is 137 Å². The SMILES string of the molecule is CC(=O)C(=O)[O-].O=C([O-])c1ccccc1C(=O)[O-].[Zr+3]. The van der Waals surface area contributed by atoms with Crippen molar-refractivity contribution in [3.8, 4) is 0 Å². The van der Waals surface area contributed by atoms with Gasteiger partial charge in [-0.25, -0.2) is 0 Å². The smallest absolute Gasteiger partial charge is 0.545 e. The van der Waals surface area contributed by atoms with Crippen molar-refractivity contribution >= 4 is 23.7 Å². The third-order valence-electron chi connectivity index (χ3n) is 1.65. The maximum absolute atomic E-state index is 10.3. The van der Waals surface area contributed by atoms with E-state index >= 15 is 0 Å². The van der Waals surface area contributed by atoms with Crippen LogP contribution in [0.3, 0.4) is 0 Å². The van der Waals surface area contributed by atoms with Gasteiger partial charge >= 0.3 is 26.2 Å². The molecule has 0 N–H and O–H groups in total. The van der Waals surface area contributed by atoms with Crippen molar-refractivity contribution in [1.29, 1.82) is 0 Å². The monoisotopic (exact) mass is 341 g/mol. The van der Waals surface area contributed by atoms with Crippen LogP contribution in [0, 0.1) is 0 Å². The molecule has 1 radical (unpaired) electrons. The number of benzene rings is 1. The zero-order valence-corrected chi connectivity index (χ0v) is 12.1. The molecule has 0 unspecified atom stereocenters. The second kappa shape index (κ2) is 9.16. The normalized spacial score (nSPS) is 8.26. The van der Waals surface area contributed by atoms with Crippen LogP contribution >= 0.6 is 0 Å². The number of carbonyl (C=O) groups excluding carboxylic acids is 4. The molecule has 8 heteroatoms. The van der Waals surface area contributed by atoms with Gasteiger partial charge in [-0.1, -0.05) is 24.3 Å². The van der Waals surface area contributed by atoms with Gasteiger partial charge in [-0.15, -0.1) is 0 Å². The molecule has 0 aliphatic heterocycles. The summed E-state index contributed by atoms with van der Waals surface area (Å²) in [5.74, 6) is -5.60. The van der Waals surface area contributed by atoms with E-state index in [-0.39, 0.29) is 37.3 Å². The molecule has 1 aromatic rings. The summed E-state index contributed by atoms with van der Waals surface area (Å²) in [5.41, 5.74) is -0.727. The standard InChI is InChI=1S/C8H6O4.C3H4O3.Zr/c9-7(10)5-3-1-2-4-6(5)8(11)12;1-2(4)3(5)6;/h1-4H,(H,9,10)(H,11,12);1H3,(H,5,6);/q;;+3/p-3. The predicted octanol–water partition coefficient (Wildman–Crippen LogP) is -3.26. The zero-order chi connectivity index (χ0) is 14.3. The Kier molecular flexibility index (Phi) is 9.41. The Morgan fingerprint density at radius 1 is 0.842 bits per heavy atom. The van der Waals surface area contributed by atoms with E-state index in [0.29, 0.717) is 0 Å². The molecule has 0 aliphatic rings. The number of aliphatic carboxylic acids is 1. The van der Waals surface area contributed by atoms with Gasteiger partial charge < -0.3 is 29.7 Å². The Labute approximate surface area is 127 Å². The first kappa shape index (κ1) is 19.5. The van der Waals surface area contributed by atoms with Crippen molar-refractivity contribution in [3.05, 3.63) is 35.4 Å². The number of carbonyl (C=O) groups is 4. The van der Waals surface area contributed by atoms with E-state index in [4.69, 9.17) is 0 Å². The molecule has 0 saturated carbocycles. The summed E-state index contributed by atoms with van der Waals surface area (Å²) < 4.78 is 0. The van der Waals surface area contributed by atoms with Crippen LogP contribution in [0.15, 0.2) is 24.3 Å². The van der Waals surface area contributed by atoms with Crippen molar-refractivity contribution in [3.63, 3.8) is 0 Å². The Morgan fingerprint density at radius 3 is 1.26 bits per heavy atom. The van der Waals surface area contributed by atoms with E-state index in [9.17, 15) is 34.5 Å². The van der Waals surface area contributed by atoms with Crippen LogP contribution in [0.25, 0.3) is 0 Å². The van der Waals surface area contributed by atoms with E-state index in [1.807, 2.05) is 0 Å². The summed E-state index contributed by atoms with van der Waals surface area (Å²) in [6, 6.07) is 5.14. The van der Waals surface area contributed by atoms with Gasteiger partial charge in [-0.3, -0.25) is 4.79 Å². The number of ketones is 1. The number of Topliss-reactive ketones (excluding diaryl/α,β-unsaturated/α-hetero) is 1. The van der Waals surface area contributed by atoms with E-state index in [1.54, 1.807) is 0 Å². The average Bonchev–Trinajstić information content (AvgIpc) is 2.29. The molecule has 7 nitrogen and oxygen atoms in total. The first-order valence-corrected chi connectivity index (χ1v) is 4.51. The van der Waals surface area contributed by atoms with Crippen LogP contribution in [-0.2, 0) is 35.8 Å². The summed E-state index contributed by atoms with van der Waals surface area (Å²) >= 11 is 0. The molecular weight excluding hydrogens is 335 g/mol. The summed E-state index contributed by atoms with van der Waals surface area (Å²) in [6.07, 6.45) is 0. The van der Waals surface area contributed by atoms with Crippen LogP contribution in [0.1, 0.15) is 27.6 Å². The summed E-state index contributed by atoms with van der Waals surface area (Å²) in [4.78, 5) is 39.4. The van der Waals surface area contributed by atoms with Gasteiger partial charge in [0.1, 0.15) is 5.97 Å². The molecular formula is C11H7O7Zr. The minimum Gasteiger partial charge on any atom is -0.545 e. The molecule has 1 aromatic carbocycles. The van der Waals surface area contributed by atoms with Crippen LogP contribution in [0.2, 0.25) is 0 Å². The summed E-state index contributed by atoms with van der Waals surface area (Å²) in [5, 5.41) is 29.9. The Hall–Kier alpha value is -1.82. The van der Waals surface area contributed by atoms with Crippen LogP contribution in [-0.4, -0.2) is 23.7 Å². The van der Waals surface area contributed by atoms with Gasteiger partial charge in [0.25, 0.3) is 0 Å². The number of rotatable bonds is 3. The fourth-order valence-corrected chi connectivity index (χ4v) is 0.839. The van der Waals surface area contributed by atoms with Gasteiger partial charge in [-0.2, -0.15) is 0 Å².